The van der Waals surface area contributed by atoms with Gasteiger partial charge in [-0.15, -0.1) is 0 Å². The van der Waals surface area contributed by atoms with E-state index in [0.29, 0.717) is 32.0 Å². The maximum absolute atomic E-state index is 13.7. The quantitative estimate of drug-likeness (QED) is 0.780. The normalized spacial score (nSPS) is 14.2. The zero-order valence-corrected chi connectivity index (χ0v) is 15.6. The Labute approximate surface area is 160 Å². The lowest BCUT2D eigenvalue weighted by atomic mass is 10.2. The zero-order chi connectivity index (χ0) is 20.3. The fourth-order valence-electron chi connectivity index (χ4n) is 2.94. The van der Waals surface area contributed by atoms with Gasteiger partial charge >= 0.3 is 6.03 Å². The number of aryl methyl sites for hydroxylation is 1. The van der Waals surface area contributed by atoms with E-state index in [4.69, 9.17) is 0 Å². The largest absolute Gasteiger partial charge is 0.370 e. The van der Waals surface area contributed by atoms with Gasteiger partial charge in [0.05, 0.1) is 5.69 Å². The molecule has 0 aliphatic carbocycles. The van der Waals surface area contributed by atoms with Crippen molar-refractivity contribution in [2.24, 2.45) is 0 Å². The molecule has 0 radical (unpaired) electrons. The van der Waals surface area contributed by atoms with Crippen molar-refractivity contribution in [3.8, 4) is 0 Å². The number of aromatic nitrogens is 2. The van der Waals surface area contributed by atoms with Crippen molar-refractivity contribution in [2.45, 2.75) is 13.8 Å². The van der Waals surface area contributed by atoms with Crippen molar-refractivity contribution in [2.75, 3.05) is 48.3 Å². The van der Waals surface area contributed by atoms with E-state index in [-0.39, 0.29) is 0 Å². The second-order valence-corrected chi connectivity index (χ2v) is 6.32. The van der Waals surface area contributed by atoms with Crippen molar-refractivity contribution >= 4 is 23.4 Å². The van der Waals surface area contributed by atoms with Crippen LogP contribution in [0, 0.1) is 24.4 Å². The van der Waals surface area contributed by atoms with Crippen LogP contribution in [-0.4, -0.2) is 53.6 Å². The van der Waals surface area contributed by atoms with Crippen LogP contribution in [0.1, 0.15) is 12.7 Å². The van der Waals surface area contributed by atoms with Gasteiger partial charge in [-0.3, -0.25) is 0 Å². The molecule has 1 fully saturated rings. The highest BCUT2D eigenvalue weighted by Crippen LogP contribution is 2.21. The summed E-state index contributed by atoms with van der Waals surface area (Å²) >= 11 is 0. The molecule has 1 aliphatic rings. The number of nitrogens with zero attached hydrogens (tertiary/aromatic N) is 4. The number of anilines is 3. The highest BCUT2D eigenvalue weighted by atomic mass is 19.2. The lowest BCUT2D eigenvalue weighted by Crippen LogP contribution is -2.50. The molecule has 2 heterocycles. The van der Waals surface area contributed by atoms with Crippen LogP contribution in [0.25, 0.3) is 0 Å². The molecule has 2 aromatic rings. The van der Waals surface area contributed by atoms with Crippen molar-refractivity contribution < 1.29 is 18.0 Å². The molecule has 1 aromatic heterocycles. The standard InChI is InChI=1S/C18H21F3N6O/c1-3-22-14-10-15(24-11(2)23-14)26-6-8-27(9-7-26)18(28)25-13-5-4-12(19)16(20)17(13)21/h4-5,10H,3,6-9H2,1-2H3,(H,25,28)(H,22,23,24). The Balaban J connectivity index is 1.62. The molecule has 1 aliphatic heterocycles. The Kier molecular flexibility index (Phi) is 5.86. The van der Waals surface area contributed by atoms with Crippen molar-refractivity contribution in [1.29, 1.82) is 0 Å². The number of benzene rings is 1. The maximum atomic E-state index is 13.7. The number of hydrogen-bond donors (Lipinski definition) is 2. The first-order valence-corrected chi connectivity index (χ1v) is 8.93. The van der Waals surface area contributed by atoms with Crippen LogP contribution in [0.5, 0.6) is 0 Å². The van der Waals surface area contributed by atoms with Crippen molar-refractivity contribution in [1.82, 2.24) is 14.9 Å². The number of halogens is 3. The van der Waals surface area contributed by atoms with Crippen LogP contribution in [0.3, 0.4) is 0 Å². The minimum Gasteiger partial charge on any atom is -0.370 e. The Bertz CT molecular complexity index is 871. The highest BCUT2D eigenvalue weighted by molar-refractivity contribution is 5.89. The smallest absolute Gasteiger partial charge is 0.322 e. The van der Waals surface area contributed by atoms with Gasteiger partial charge in [-0.25, -0.2) is 27.9 Å². The minimum atomic E-state index is -1.61. The number of amides is 2. The number of hydrogen-bond acceptors (Lipinski definition) is 5. The number of urea groups is 1. The van der Waals surface area contributed by atoms with Crippen molar-refractivity contribution in [3.63, 3.8) is 0 Å². The number of nitrogens with one attached hydrogen (secondary N) is 2. The van der Waals surface area contributed by atoms with Crippen LogP contribution < -0.4 is 15.5 Å². The summed E-state index contributed by atoms with van der Waals surface area (Å²) < 4.78 is 40.0. The third-order valence-electron chi connectivity index (χ3n) is 4.35. The summed E-state index contributed by atoms with van der Waals surface area (Å²) in [7, 11) is 0. The van der Waals surface area contributed by atoms with Gasteiger partial charge in [0.25, 0.3) is 0 Å². The summed E-state index contributed by atoms with van der Waals surface area (Å²) in [4.78, 5) is 24.6. The molecular weight excluding hydrogens is 373 g/mol. The first-order chi connectivity index (χ1) is 13.4. The van der Waals surface area contributed by atoms with Gasteiger partial charge in [-0.2, -0.15) is 0 Å². The van der Waals surface area contributed by atoms with Crippen molar-refractivity contribution in [3.05, 3.63) is 41.5 Å². The van der Waals surface area contributed by atoms with Crippen LogP contribution >= 0.6 is 0 Å². The van der Waals surface area contributed by atoms with E-state index in [2.05, 4.69) is 20.6 Å². The van der Waals surface area contributed by atoms with E-state index in [9.17, 15) is 18.0 Å². The SMILES string of the molecule is CCNc1cc(N2CCN(C(=O)Nc3ccc(F)c(F)c3F)CC2)nc(C)n1. The second kappa shape index (κ2) is 8.32. The van der Waals surface area contributed by atoms with Gasteiger partial charge in [-0.1, -0.05) is 0 Å². The topological polar surface area (TPSA) is 73.4 Å². The van der Waals surface area contributed by atoms with E-state index in [0.717, 1.165) is 30.3 Å². The lowest BCUT2D eigenvalue weighted by Gasteiger charge is -2.35. The third-order valence-corrected chi connectivity index (χ3v) is 4.35. The average Bonchev–Trinajstić information content (AvgIpc) is 2.68. The Morgan fingerprint density at radius 3 is 2.50 bits per heavy atom. The summed E-state index contributed by atoms with van der Waals surface area (Å²) in [5, 5.41) is 5.44. The predicted molar refractivity (Wildman–Crippen MR) is 100 cm³/mol. The second-order valence-electron chi connectivity index (χ2n) is 6.32. The molecule has 1 saturated heterocycles. The molecule has 0 saturated carbocycles. The molecule has 1 aromatic carbocycles. The molecule has 28 heavy (non-hydrogen) atoms. The highest BCUT2D eigenvalue weighted by Gasteiger charge is 2.24. The maximum Gasteiger partial charge on any atom is 0.322 e. The molecule has 2 N–H and O–H groups in total. The summed E-state index contributed by atoms with van der Waals surface area (Å²) in [5.41, 5.74) is -0.395. The molecule has 7 nitrogen and oxygen atoms in total. The number of carbonyl (C=O) groups is 1. The van der Waals surface area contributed by atoms with E-state index in [1.165, 1.54) is 4.90 Å². The summed E-state index contributed by atoms with van der Waals surface area (Å²) in [6.45, 7) is 6.32. The van der Waals surface area contributed by atoms with Gasteiger partial charge < -0.3 is 20.4 Å². The number of piperazine rings is 1. The fraction of sp³-hybridized carbons (Fsp3) is 0.389. The molecule has 10 heteroatoms. The van der Waals surface area contributed by atoms with Gasteiger partial charge in [0.2, 0.25) is 0 Å². The van der Waals surface area contributed by atoms with Crippen LogP contribution in [-0.2, 0) is 0 Å². The lowest BCUT2D eigenvalue weighted by molar-refractivity contribution is 0.208. The first kappa shape index (κ1) is 19.7. The Morgan fingerprint density at radius 1 is 1.11 bits per heavy atom. The average molecular weight is 394 g/mol. The van der Waals surface area contributed by atoms with E-state index in [1.54, 1.807) is 0 Å². The zero-order valence-electron chi connectivity index (χ0n) is 15.6. The monoisotopic (exact) mass is 394 g/mol. The van der Waals surface area contributed by atoms with Gasteiger partial charge in [0.15, 0.2) is 17.5 Å². The van der Waals surface area contributed by atoms with E-state index < -0.39 is 29.2 Å². The van der Waals surface area contributed by atoms with Gasteiger partial charge in [-0.05, 0) is 26.0 Å². The van der Waals surface area contributed by atoms with Crippen LogP contribution in [0.4, 0.5) is 35.3 Å². The number of rotatable bonds is 4. The third kappa shape index (κ3) is 4.26. The van der Waals surface area contributed by atoms with E-state index in [1.807, 2.05) is 24.8 Å². The molecule has 2 amide bonds. The summed E-state index contributed by atoms with van der Waals surface area (Å²) in [6.07, 6.45) is 0. The molecular formula is C18H21F3N6O. The van der Waals surface area contributed by atoms with Gasteiger partial charge in [0.1, 0.15) is 17.5 Å². The predicted octanol–water partition coefficient (Wildman–Crippen LogP) is 2.99. The molecule has 0 spiro atoms. The molecule has 0 atom stereocenters. The summed E-state index contributed by atoms with van der Waals surface area (Å²) in [6, 6.07) is 3.04. The molecule has 150 valence electrons. The summed E-state index contributed by atoms with van der Waals surface area (Å²) in [5.74, 6) is -2.20. The van der Waals surface area contributed by atoms with Gasteiger partial charge in [0, 0.05) is 38.8 Å². The Hall–Kier alpha value is -3.04. The Morgan fingerprint density at radius 2 is 1.82 bits per heavy atom. The number of carbonyl (C=O) groups excluding carboxylic acids is 1. The van der Waals surface area contributed by atoms with Crippen LogP contribution in [0.15, 0.2) is 18.2 Å². The van der Waals surface area contributed by atoms with E-state index >= 15 is 0 Å². The first-order valence-electron chi connectivity index (χ1n) is 8.93. The molecule has 0 unspecified atom stereocenters. The molecule has 3 rings (SSSR count). The minimum absolute atomic E-state index is 0.372. The molecule has 0 bridgehead atoms. The fourth-order valence-corrected chi connectivity index (χ4v) is 2.94. The van der Waals surface area contributed by atoms with Crippen LogP contribution in [0.2, 0.25) is 0 Å².